The summed E-state index contributed by atoms with van der Waals surface area (Å²) >= 11 is 0. The normalized spacial score (nSPS) is 19.4. The average molecular weight is 443 g/mol. The maximum Gasteiger partial charge on any atom is 0.262 e. The minimum absolute atomic E-state index is 0.0293. The van der Waals surface area contributed by atoms with Crippen LogP contribution in [0.1, 0.15) is 17.0 Å². The van der Waals surface area contributed by atoms with Gasteiger partial charge in [0.05, 0.1) is 12.2 Å². The first-order valence-electron chi connectivity index (χ1n) is 9.90. The van der Waals surface area contributed by atoms with Crippen molar-refractivity contribution in [3.05, 3.63) is 84.1 Å². The summed E-state index contributed by atoms with van der Waals surface area (Å²) in [6.45, 7) is 0.495. The molecule has 31 heavy (non-hydrogen) atoms. The fourth-order valence-electron chi connectivity index (χ4n) is 3.85. The van der Waals surface area contributed by atoms with E-state index < -0.39 is 21.9 Å². The highest BCUT2D eigenvalue weighted by Gasteiger charge is 2.44. The standard InChI is InChI=1S/C22H23FN4O3S/c1-26-14-21(25-15-26)31(29,30)27-12-19(17-7-9-18(23)10-8-17)20(13-27)22(28)24-11-16-5-3-2-4-6-16/h2-10,14-15,19-20H,11-13H2,1H3,(H,24,28)/t19-,20+/m0/s1. The van der Waals surface area contributed by atoms with Crippen molar-refractivity contribution in [1.82, 2.24) is 19.2 Å². The molecule has 2 atom stereocenters. The van der Waals surface area contributed by atoms with Crippen molar-refractivity contribution < 1.29 is 17.6 Å². The first-order chi connectivity index (χ1) is 14.8. The zero-order valence-corrected chi connectivity index (χ0v) is 17.8. The molecule has 1 aliphatic heterocycles. The molecule has 1 aromatic heterocycles. The molecule has 2 heterocycles. The zero-order chi connectivity index (χ0) is 22.0. The molecule has 0 unspecified atom stereocenters. The molecule has 0 bridgehead atoms. The Balaban J connectivity index is 1.59. The van der Waals surface area contributed by atoms with Gasteiger partial charge < -0.3 is 9.88 Å². The molecule has 1 aliphatic rings. The van der Waals surface area contributed by atoms with Crippen LogP contribution in [0, 0.1) is 11.7 Å². The van der Waals surface area contributed by atoms with Gasteiger partial charge in [0, 0.05) is 38.8 Å². The fraction of sp³-hybridized carbons (Fsp3) is 0.273. The molecule has 7 nitrogen and oxygen atoms in total. The molecule has 0 spiro atoms. The van der Waals surface area contributed by atoms with E-state index in [0.29, 0.717) is 6.54 Å². The molecule has 162 valence electrons. The van der Waals surface area contributed by atoms with Crippen molar-refractivity contribution in [3.63, 3.8) is 0 Å². The maximum atomic E-state index is 13.4. The molecule has 0 aliphatic carbocycles. The minimum Gasteiger partial charge on any atom is -0.352 e. The smallest absolute Gasteiger partial charge is 0.262 e. The van der Waals surface area contributed by atoms with Gasteiger partial charge in [-0.15, -0.1) is 0 Å². The lowest BCUT2D eigenvalue weighted by molar-refractivity contribution is -0.125. The van der Waals surface area contributed by atoms with Crippen molar-refractivity contribution in [2.24, 2.45) is 13.0 Å². The van der Waals surface area contributed by atoms with Crippen LogP contribution in [0.4, 0.5) is 4.39 Å². The average Bonchev–Trinajstić information content (AvgIpc) is 3.41. The molecular weight excluding hydrogens is 419 g/mol. The molecule has 3 aromatic rings. The summed E-state index contributed by atoms with van der Waals surface area (Å²) in [6.07, 6.45) is 2.86. The number of nitrogens with one attached hydrogen (secondary N) is 1. The van der Waals surface area contributed by atoms with E-state index in [1.165, 1.54) is 29.0 Å². The first kappa shape index (κ1) is 21.2. The molecule has 4 rings (SSSR count). The number of imidazole rings is 1. The molecule has 1 N–H and O–H groups in total. The maximum absolute atomic E-state index is 13.4. The van der Waals surface area contributed by atoms with E-state index in [0.717, 1.165) is 11.1 Å². The number of rotatable bonds is 6. The number of hydrogen-bond donors (Lipinski definition) is 1. The van der Waals surface area contributed by atoms with E-state index in [1.807, 2.05) is 30.3 Å². The van der Waals surface area contributed by atoms with Crippen molar-refractivity contribution >= 4 is 15.9 Å². The van der Waals surface area contributed by atoms with Gasteiger partial charge in [-0.05, 0) is 23.3 Å². The second-order valence-electron chi connectivity index (χ2n) is 7.67. The van der Waals surface area contributed by atoms with Crippen LogP contribution in [0.2, 0.25) is 0 Å². The zero-order valence-electron chi connectivity index (χ0n) is 17.0. The van der Waals surface area contributed by atoms with Gasteiger partial charge in [0.1, 0.15) is 5.82 Å². The van der Waals surface area contributed by atoms with E-state index >= 15 is 0 Å². The summed E-state index contributed by atoms with van der Waals surface area (Å²) in [4.78, 5) is 17.0. The lowest BCUT2D eigenvalue weighted by atomic mass is 9.88. The first-order valence-corrected chi connectivity index (χ1v) is 11.3. The number of carbonyl (C=O) groups is 1. The van der Waals surface area contributed by atoms with Crippen LogP contribution >= 0.6 is 0 Å². The van der Waals surface area contributed by atoms with E-state index in [-0.39, 0.29) is 29.8 Å². The van der Waals surface area contributed by atoms with E-state index in [4.69, 9.17) is 0 Å². The Morgan fingerprint density at radius 1 is 1.13 bits per heavy atom. The Hall–Kier alpha value is -3.04. The lowest BCUT2D eigenvalue weighted by Crippen LogP contribution is -2.35. The third-order valence-corrected chi connectivity index (χ3v) is 7.23. The van der Waals surface area contributed by atoms with Gasteiger partial charge >= 0.3 is 0 Å². The van der Waals surface area contributed by atoms with Crippen molar-refractivity contribution in [2.45, 2.75) is 17.5 Å². The predicted octanol–water partition coefficient (Wildman–Crippen LogP) is 2.28. The summed E-state index contributed by atoms with van der Waals surface area (Å²) in [5.41, 5.74) is 1.67. The summed E-state index contributed by atoms with van der Waals surface area (Å²) in [7, 11) is -2.16. The van der Waals surface area contributed by atoms with Crippen LogP contribution in [0.25, 0.3) is 0 Å². The quantitative estimate of drug-likeness (QED) is 0.635. The highest BCUT2D eigenvalue weighted by molar-refractivity contribution is 7.89. The highest BCUT2D eigenvalue weighted by Crippen LogP contribution is 2.35. The third-order valence-electron chi connectivity index (χ3n) is 5.52. The van der Waals surface area contributed by atoms with Crippen LogP contribution in [0.3, 0.4) is 0 Å². The Labute approximate surface area is 180 Å². The van der Waals surface area contributed by atoms with Crippen LogP contribution in [0.15, 0.2) is 72.1 Å². The van der Waals surface area contributed by atoms with Gasteiger partial charge in [0.2, 0.25) is 5.91 Å². The van der Waals surface area contributed by atoms with Gasteiger partial charge in [-0.3, -0.25) is 4.79 Å². The Morgan fingerprint density at radius 3 is 2.48 bits per heavy atom. The molecule has 2 aromatic carbocycles. The van der Waals surface area contributed by atoms with Gasteiger partial charge in [0.15, 0.2) is 5.03 Å². The molecule has 9 heteroatoms. The minimum atomic E-state index is -3.85. The van der Waals surface area contributed by atoms with E-state index in [9.17, 15) is 17.6 Å². The second-order valence-corrected chi connectivity index (χ2v) is 9.55. The van der Waals surface area contributed by atoms with Crippen LogP contribution in [-0.4, -0.2) is 41.3 Å². The Morgan fingerprint density at radius 2 is 1.84 bits per heavy atom. The van der Waals surface area contributed by atoms with Gasteiger partial charge in [-0.2, -0.15) is 4.31 Å². The number of aryl methyl sites for hydroxylation is 1. The number of sulfonamides is 1. The predicted molar refractivity (Wildman–Crippen MR) is 113 cm³/mol. The highest BCUT2D eigenvalue weighted by atomic mass is 32.2. The number of amides is 1. The summed E-state index contributed by atoms with van der Waals surface area (Å²) in [5.74, 6) is -1.62. The number of aromatic nitrogens is 2. The molecular formula is C22H23FN4O3S. The molecule has 1 amide bonds. The fourth-order valence-corrected chi connectivity index (χ4v) is 5.31. The lowest BCUT2D eigenvalue weighted by Gasteiger charge is -2.18. The van der Waals surface area contributed by atoms with E-state index in [1.54, 1.807) is 23.7 Å². The third kappa shape index (κ3) is 4.52. The Bertz CT molecular complexity index is 1160. The van der Waals surface area contributed by atoms with Crippen LogP contribution in [0.5, 0.6) is 0 Å². The molecule has 1 saturated heterocycles. The Kier molecular flexibility index (Phi) is 5.88. The number of nitrogens with zero attached hydrogens (tertiary/aromatic N) is 3. The molecule has 0 radical (unpaired) electrons. The van der Waals surface area contributed by atoms with Crippen molar-refractivity contribution in [1.29, 1.82) is 0 Å². The van der Waals surface area contributed by atoms with Gasteiger partial charge in [-0.25, -0.2) is 17.8 Å². The van der Waals surface area contributed by atoms with E-state index in [2.05, 4.69) is 10.3 Å². The summed E-state index contributed by atoms with van der Waals surface area (Å²) < 4.78 is 42.4. The monoisotopic (exact) mass is 442 g/mol. The second kappa shape index (κ2) is 8.60. The SMILES string of the molecule is Cn1cnc(S(=O)(=O)N2C[C@@H](C(=O)NCc3ccccc3)[C@H](c3ccc(F)cc3)C2)c1. The van der Waals surface area contributed by atoms with Crippen molar-refractivity contribution in [2.75, 3.05) is 13.1 Å². The molecule has 0 saturated carbocycles. The summed E-state index contributed by atoms with van der Waals surface area (Å²) in [5, 5.41) is 2.86. The number of hydrogen-bond acceptors (Lipinski definition) is 4. The van der Waals surface area contributed by atoms with Gasteiger partial charge in [-0.1, -0.05) is 42.5 Å². The summed E-state index contributed by atoms with van der Waals surface area (Å²) in [6, 6.07) is 15.3. The van der Waals surface area contributed by atoms with Crippen LogP contribution < -0.4 is 5.32 Å². The largest absolute Gasteiger partial charge is 0.352 e. The number of halogens is 1. The number of benzene rings is 2. The molecule has 1 fully saturated rings. The number of carbonyl (C=O) groups excluding carboxylic acids is 1. The van der Waals surface area contributed by atoms with Crippen LogP contribution in [-0.2, 0) is 28.4 Å². The topological polar surface area (TPSA) is 84.3 Å². The van der Waals surface area contributed by atoms with Gasteiger partial charge in [0.25, 0.3) is 10.0 Å². The van der Waals surface area contributed by atoms with Crippen molar-refractivity contribution in [3.8, 4) is 0 Å².